The van der Waals surface area contributed by atoms with Crippen LogP contribution in [0, 0.1) is 11.8 Å². The Balaban J connectivity index is 1.71. The molecule has 0 nitrogen and oxygen atoms in total. The molecule has 1 saturated heterocycles. The summed E-state index contributed by atoms with van der Waals surface area (Å²) in [7, 11) is 0. The van der Waals surface area contributed by atoms with Gasteiger partial charge in [0.25, 0.3) is 0 Å². The number of fused-ring (bicyclic) bond motifs is 1. The molecule has 0 N–H and O–H groups in total. The second-order valence-corrected chi connectivity index (χ2v) is 6.51. The minimum atomic E-state index is 0.778. The maximum atomic E-state index is 2.31. The molecule has 1 aromatic rings. The van der Waals surface area contributed by atoms with Gasteiger partial charge in [0, 0.05) is 5.25 Å². The monoisotopic (exact) mass is 232 g/mol. The van der Waals surface area contributed by atoms with E-state index in [1.54, 1.807) is 5.56 Å². The Morgan fingerprint density at radius 3 is 2.50 bits per heavy atom. The van der Waals surface area contributed by atoms with E-state index < -0.39 is 0 Å². The minimum Gasteiger partial charge on any atom is -0.153 e. The first-order valence-electron chi connectivity index (χ1n) is 6.60. The molecule has 1 heteroatoms. The Labute approximate surface area is 103 Å². The van der Waals surface area contributed by atoms with E-state index in [2.05, 4.69) is 42.1 Å². The number of hydrogen-bond acceptors (Lipinski definition) is 1. The minimum absolute atomic E-state index is 0.778. The molecule has 1 aliphatic carbocycles. The number of rotatable bonds is 1. The van der Waals surface area contributed by atoms with Gasteiger partial charge in [-0.25, -0.2) is 0 Å². The number of benzene rings is 1. The van der Waals surface area contributed by atoms with Crippen LogP contribution in [-0.2, 0) is 0 Å². The van der Waals surface area contributed by atoms with E-state index >= 15 is 0 Å². The molecule has 0 bridgehead atoms. The molecular weight excluding hydrogens is 212 g/mol. The Bertz CT molecular complexity index is 333. The highest BCUT2D eigenvalue weighted by atomic mass is 32.2. The Kier molecular flexibility index (Phi) is 3.23. The van der Waals surface area contributed by atoms with Crippen LogP contribution < -0.4 is 0 Å². The molecule has 1 aromatic carbocycles. The van der Waals surface area contributed by atoms with Gasteiger partial charge in [-0.05, 0) is 36.0 Å². The molecule has 1 saturated carbocycles. The summed E-state index contributed by atoms with van der Waals surface area (Å²) in [6.45, 7) is 0. The van der Waals surface area contributed by atoms with Crippen LogP contribution in [0.2, 0.25) is 0 Å². The van der Waals surface area contributed by atoms with E-state index in [0.29, 0.717) is 0 Å². The maximum absolute atomic E-state index is 2.31. The summed E-state index contributed by atoms with van der Waals surface area (Å²) < 4.78 is 0. The van der Waals surface area contributed by atoms with Gasteiger partial charge in [-0.1, -0.05) is 49.6 Å². The molecule has 1 aliphatic heterocycles. The lowest BCUT2D eigenvalue weighted by Crippen LogP contribution is -2.27. The van der Waals surface area contributed by atoms with Crippen molar-refractivity contribution in [2.45, 2.75) is 37.4 Å². The predicted molar refractivity (Wildman–Crippen MR) is 71.7 cm³/mol. The smallest absolute Gasteiger partial charge is 0.0300 e. The van der Waals surface area contributed by atoms with Gasteiger partial charge in [-0.15, -0.1) is 0 Å². The molecular formula is C15H20S. The van der Waals surface area contributed by atoms with Gasteiger partial charge in [-0.2, -0.15) is 11.8 Å². The first kappa shape index (κ1) is 10.7. The Hall–Kier alpha value is -0.430. The van der Waals surface area contributed by atoms with Crippen molar-refractivity contribution in [2.24, 2.45) is 11.8 Å². The van der Waals surface area contributed by atoms with Gasteiger partial charge < -0.3 is 0 Å². The van der Waals surface area contributed by atoms with Crippen LogP contribution in [0.4, 0.5) is 0 Å². The summed E-state index contributed by atoms with van der Waals surface area (Å²) in [6.07, 6.45) is 7.39. The average Bonchev–Trinajstić information content (AvgIpc) is 2.39. The van der Waals surface area contributed by atoms with Crippen LogP contribution in [0.15, 0.2) is 30.3 Å². The first-order valence-corrected chi connectivity index (χ1v) is 7.65. The third-order valence-corrected chi connectivity index (χ3v) is 5.75. The van der Waals surface area contributed by atoms with Crippen molar-refractivity contribution in [1.29, 1.82) is 0 Å². The number of hydrogen-bond donors (Lipinski definition) is 0. The van der Waals surface area contributed by atoms with Crippen LogP contribution in [0.1, 0.15) is 42.9 Å². The Morgan fingerprint density at radius 2 is 1.69 bits per heavy atom. The summed E-state index contributed by atoms with van der Waals surface area (Å²) in [4.78, 5) is 0. The molecule has 3 atom stereocenters. The lowest BCUT2D eigenvalue weighted by Gasteiger charge is -2.39. The van der Waals surface area contributed by atoms with E-state index in [1.165, 1.54) is 37.9 Å². The highest BCUT2D eigenvalue weighted by molar-refractivity contribution is 7.99. The van der Waals surface area contributed by atoms with Gasteiger partial charge in [0.2, 0.25) is 0 Å². The van der Waals surface area contributed by atoms with E-state index in [0.717, 1.165) is 17.1 Å². The topological polar surface area (TPSA) is 0 Å². The van der Waals surface area contributed by atoms with Crippen LogP contribution in [0.25, 0.3) is 0 Å². The number of thioether (sulfide) groups is 1. The van der Waals surface area contributed by atoms with Crippen molar-refractivity contribution < 1.29 is 0 Å². The predicted octanol–water partition coefficient (Wildman–Crippen LogP) is 4.67. The summed E-state index contributed by atoms with van der Waals surface area (Å²) in [6, 6.07) is 11.1. The lowest BCUT2D eigenvalue weighted by molar-refractivity contribution is 0.237. The molecule has 2 fully saturated rings. The molecule has 0 radical (unpaired) electrons. The third-order valence-electron chi connectivity index (χ3n) is 4.27. The lowest BCUT2D eigenvalue weighted by atomic mass is 9.77. The fraction of sp³-hybridized carbons (Fsp3) is 0.600. The zero-order chi connectivity index (χ0) is 10.8. The van der Waals surface area contributed by atoms with Gasteiger partial charge in [0.15, 0.2) is 0 Å². The molecule has 0 aromatic heterocycles. The third kappa shape index (κ3) is 2.15. The van der Waals surface area contributed by atoms with Crippen molar-refractivity contribution in [2.75, 3.05) is 5.75 Å². The normalized spacial score (nSPS) is 34.4. The van der Waals surface area contributed by atoms with Crippen LogP contribution >= 0.6 is 11.8 Å². The first-order chi connectivity index (χ1) is 7.93. The molecule has 0 unspecified atom stereocenters. The van der Waals surface area contributed by atoms with Crippen molar-refractivity contribution >= 4 is 11.8 Å². The molecule has 86 valence electrons. The van der Waals surface area contributed by atoms with Crippen LogP contribution in [0.5, 0.6) is 0 Å². The second-order valence-electron chi connectivity index (χ2n) is 5.27. The zero-order valence-electron chi connectivity index (χ0n) is 9.77. The summed E-state index contributed by atoms with van der Waals surface area (Å²) >= 11 is 2.20. The summed E-state index contributed by atoms with van der Waals surface area (Å²) in [5.74, 6) is 3.48. The van der Waals surface area contributed by atoms with Crippen LogP contribution in [0.3, 0.4) is 0 Å². The van der Waals surface area contributed by atoms with E-state index in [-0.39, 0.29) is 0 Å². The second kappa shape index (κ2) is 4.83. The molecule has 0 amide bonds. The van der Waals surface area contributed by atoms with Crippen molar-refractivity contribution in [3.8, 4) is 0 Å². The Morgan fingerprint density at radius 1 is 0.938 bits per heavy atom. The summed E-state index contributed by atoms with van der Waals surface area (Å²) in [5, 5.41) is 0.778. The van der Waals surface area contributed by atoms with Gasteiger partial charge in [0.1, 0.15) is 0 Å². The van der Waals surface area contributed by atoms with E-state index in [9.17, 15) is 0 Å². The van der Waals surface area contributed by atoms with Crippen molar-refractivity contribution in [3.05, 3.63) is 35.9 Å². The van der Waals surface area contributed by atoms with Gasteiger partial charge >= 0.3 is 0 Å². The highest BCUT2D eigenvalue weighted by Gasteiger charge is 2.32. The molecule has 2 aliphatic rings. The molecule has 1 heterocycles. The molecule has 0 spiro atoms. The van der Waals surface area contributed by atoms with Crippen molar-refractivity contribution in [1.82, 2.24) is 0 Å². The van der Waals surface area contributed by atoms with Gasteiger partial charge in [0.05, 0.1) is 0 Å². The van der Waals surface area contributed by atoms with Crippen LogP contribution in [-0.4, -0.2) is 5.75 Å². The average molecular weight is 232 g/mol. The molecule has 16 heavy (non-hydrogen) atoms. The van der Waals surface area contributed by atoms with Crippen molar-refractivity contribution in [3.63, 3.8) is 0 Å². The standard InChI is InChI=1S/C15H20S/c1-2-6-12(7-3-1)15-10-13-8-4-5-9-14(13)11-16-15/h1-3,6-7,13-15H,4-5,8-11H2/t13-,14+,15+/m0/s1. The largest absolute Gasteiger partial charge is 0.153 e. The highest BCUT2D eigenvalue weighted by Crippen LogP contribution is 2.48. The van der Waals surface area contributed by atoms with E-state index in [1.807, 2.05) is 0 Å². The zero-order valence-corrected chi connectivity index (χ0v) is 10.6. The summed E-state index contributed by atoms with van der Waals surface area (Å²) in [5.41, 5.74) is 1.55. The fourth-order valence-corrected chi connectivity index (χ4v) is 4.95. The quantitative estimate of drug-likeness (QED) is 0.678. The van der Waals surface area contributed by atoms with Gasteiger partial charge in [-0.3, -0.25) is 0 Å². The maximum Gasteiger partial charge on any atom is 0.0300 e. The molecule has 3 rings (SSSR count). The van der Waals surface area contributed by atoms with E-state index in [4.69, 9.17) is 0 Å². The fourth-order valence-electron chi connectivity index (χ4n) is 3.30. The SMILES string of the molecule is c1ccc([C@H]2C[C@@H]3CCCC[C@@H]3CS2)cc1.